The number of aliphatic hydroxyl groups is 1. The van der Waals surface area contributed by atoms with Gasteiger partial charge in [-0.25, -0.2) is 0 Å². The van der Waals surface area contributed by atoms with E-state index in [1.165, 1.54) is 0 Å². The first-order valence-corrected chi connectivity index (χ1v) is 6.35. The molecule has 1 aromatic carbocycles. The summed E-state index contributed by atoms with van der Waals surface area (Å²) in [6, 6.07) is 8.28. The van der Waals surface area contributed by atoms with Crippen LogP contribution in [-0.2, 0) is 0 Å². The monoisotopic (exact) mass is 252 g/mol. The van der Waals surface area contributed by atoms with Crippen molar-refractivity contribution in [3.63, 3.8) is 0 Å². The van der Waals surface area contributed by atoms with Gasteiger partial charge in [0, 0.05) is 24.7 Å². The van der Waals surface area contributed by atoms with Gasteiger partial charge in [0.05, 0.1) is 19.8 Å². The average molecular weight is 252 g/mol. The number of rotatable bonds is 7. The minimum Gasteiger partial charge on any atom is -0.496 e. The molecule has 4 nitrogen and oxygen atoms in total. The number of nitrogens with two attached hydrogens (primary N) is 1. The molecule has 0 aliphatic rings. The van der Waals surface area contributed by atoms with Gasteiger partial charge >= 0.3 is 0 Å². The van der Waals surface area contributed by atoms with Crippen LogP contribution >= 0.6 is 0 Å². The Morgan fingerprint density at radius 1 is 1.33 bits per heavy atom. The summed E-state index contributed by atoms with van der Waals surface area (Å²) < 4.78 is 5.39. The number of benzene rings is 1. The minimum atomic E-state index is 0.0632. The predicted octanol–water partition coefficient (Wildman–Crippen LogP) is 1.40. The minimum absolute atomic E-state index is 0.0632. The number of ether oxygens (including phenoxy) is 1. The quantitative estimate of drug-likeness (QED) is 0.770. The van der Waals surface area contributed by atoms with Crippen LogP contribution in [0, 0.1) is 0 Å². The molecule has 102 valence electrons. The summed E-state index contributed by atoms with van der Waals surface area (Å²) >= 11 is 0. The summed E-state index contributed by atoms with van der Waals surface area (Å²) in [5.74, 6) is 0.844. The first-order chi connectivity index (χ1) is 8.65. The highest BCUT2D eigenvalue weighted by Gasteiger charge is 2.23. The van der Waals surface area contributed by atoms with Crippen molar-refractivity contribution in [2.24, 2.45) is 5.73 Å². The molecule has 4 heteroatoms. The first kappa shape index (κ1) is 15.0. The fourth-order valence-electron chi connectivity index (χ4n) is 2.27. The van der Waals surface area contributed by atoms with Crippen LogP contribution in [0.15, 0.2) is 24.3 Å². The van der Waals surface area contributed by atoms with Gasteiger partial charge in [-0.15, -0.1) is 0 Å². The molecule has 1 atom stereocenters. The molecule has 0 heterocycles. The van der Waals surface area contributed by atoms with E-state index >= 15 is 0 Å². The van der Waals surface area contributed by atoms with Crippen LogP contribution in [0.5, 0.6) is 5.75 Å². The molecule has 0 aromatic heterocycles. The second kappa shape index (κ2) is 7.36. The fourth-order valence-corrected chi connectivity index (χ4v) is 2.27. The third-order valence-corrected chi connectivity index (χ3v) is 3.14. The zero-order valence-corrected chi connectivity index (χ0v) is 11.5. The van der Waals surface area contributed by atoms with E-state index in [4.69, 9.17) is 10.5 Å². The maximum atomic E-state index is 9.19. The number of nitrogens with zero attached hydrogens (tertiary/aromatic N) is 1. The van der Waals surface area contributed by atoms with Gasteiger partial charge in [0.2, 0.25) is 0 Å². The summed E-state index contributed by atoms with van der Waals surface area (Å²) in [4.78, 5) is 2.19. The SMILES string of the molecule is COc1ccccc1C(CN)N(CCO)C(C)C. The second-order valence-corrected chi connectivity index (χ2v) is 4.55. The maximum absolute atomic E-state index is 9.19. The Morgan fingerprint density at radius 3 is 2.50 bits per heavy atom. The molecule has 3 N–H and O–H groups in total. The second-order valence-electron chi connectivity index (χ2n) is 4.55. The number of aliphatic hydroxyl groups excluding tert-OH is 1. The lowest BCUT2D eigenvalue weighted by Gasteiger charge is -2.34. The van der Waals surface area contributed by atoms with Crippen molar-refractivity contribution < 1.29 is 9.84 Å². The van der Waals surface area contributed by atoms with Crippen LogP contribution in [0.4, 0.5) is 0 Å². The molecule has 0 aliphatic heterocycles. The van der Waals surface area contributed by atoms with Gasteiger partial charge in [0.25, 0.3) is 0 Å². The van der Waals surface area contributed by atoms with E-state index in [2.05, 4.69) is 18.7 Å². The van der Waals surface area contributed by atoms with E-state index in [0.29, 0.717) is 19.1 Å². The molecular weight excluding hydrogens is 228 g/mol. The molecular formula is C14H24N2O2. The third-order valence-electron chi connectivity index (χ3n) is 3.14. The summed E-state index contributed by atoms with van der Waals surface area (Å²) in [5.41, 5.74) is 6.99. The van der Waals surface area contributed by atoms with E-state index in [1.807, 2.05) is 24.3 Å². The molecule has 1 rings (SSSR count). The van der Waals surface area contributed by atoms with Gasteiger partial charge in [-0.2, -0.15) is 0 Å². The normalized spacial score (nSPS) is 13.1. The Morgan fingerprint density at radius 2 is 2.00 bits per heavy atom. The molecule has 1 aromatic rings. The van der Waals surface area contributed by atoms with Crippen LogP contribution < -0.4 is 10.5 Å². The first-order valence-electron chi connectivity index (χ1n) is 6.35. The van der Waals surface area contributed by atoms with Gasteiger partial charge < -0.3 is 15.6 Å². The highest BCUT2D eigenvalue weighted by Crippen LogP contribution is 2.29. The molecule has 0 fully saturated rings. The van der Waals surface area contributed by atoms with E-state index < -0.39 is 0 Å². The summed E-state index contributed by atoms with van der Waals surface area (Å²) in [6.07, 6.45) is 0. The molecule has 0 radical (unpaired) electrons. The van der Waals surface area contributed by atoms with Gasteiger partial charge in [0.15, 0.2) is 0 Å². The number of methoxy groups -OCH3 is 1. The van der Waals surface area contributed by atoms with Crippen molar-refractivity contribution in [1.29, 1.82) is 0 Å². The van der Waals surface area contributed by atoms with E-state index in [1.54, 1.807) is 7.11 Å². The topological polar surface area (TPSA) is 58.7 Å². The van der Waals surface area contributed by atoms with Crippen molar-refractivity contribution in [3.05, 3.63) is 29.8 Å². The Labute approximate surface area is 109 Å². The van der Waals surface area contributed by atoms with E-state index in [9.17, 15) is 5.11 Å². The fraction of sp³-hybridized carbons (Fsp3) is 0.571. The Hall–Kier alpha value is -1.10. The molecule has 0 bridgehead atoms. The molecule has 0 spiro atoms. The number of para-hydroxylation sites is 1. The zero-order chi connectivity index (χ0) is 13.5. The number of hydrogen-bond donors (Lipinski definition) is 2. The van der Waals surface area contributed by atoms with Crippen molar-refractivity contribution in [2.75, 3.05) is 26.8 Å². The highest BCUT2D eigenvalue weighted by atomic mass is 16.5. The molecule has 0 amide bonds. The predicted molar refractivity (Wildman–Crippen MR) is 73.7 cm³/mol. The number of hydrogen-bond acceptors (Lipinski definition) is 4. The van der Waals surface area contributed by atoms with Crippen molar-refractivity contribution >= 4 is 0 Å². The van der Waals surface area contributed by atoms with Crippen molar-refractivity contribution in [1.82, 2.24) is 4.90 Å². The van der Waals surface area contributed by atoms with Gasteiger partial charge in [-0.05, 0) is 19.9 Å². The van der Waals surface area contributed by atoms with E-state index in [-0.39, 0.29) is 12.6 Å². The van der Waals surface area contributed by atoms with Gasteiger partial charge in [0.1, 0.15) is 5.75 Å². The lowest BCUT2D eigenvalue weighted by molar-refractivity contribution is 0.119. The van der Waals surface area contributed by atoms with Gasteiger partial charge in [-0.1, -0.05) is 18.2 Å². The Kier molecular flexibility index (Phi) is 6.12. The van der Waals surface area contributed by atoms with Crippen LogP contribution in [0.2, 0.25) is 0 Å². The van der Waals surface area contributed by atoms with E-state index in [0.717, 1.165) is 11.3 Å². The van der Waals surface area contributed by atoms with Crippen molar-refractivity contribution in [2.45, 2.75) is 25.9 Å². The lowest BCUT2D eigenvalue weighted by atomic mass is 10.0. The molecule has 18 heavy (non-hydrogen) atoms. The van der Waals surface area contributed by atoms with Crippen LogP contribution in [-0.4, -0.2) is 42.9 Å². The summed E-state index contributed by atoms with van der Waals surface area (Å²) in [6.45, 7) is 5.45. The highest BCUT2D eigenvalue weighted by molar-refractivity contribution is 5.36. The average Bonchev–Trinajstić information content (AvgIpc) is 2.39. The Bertz CT molecular complexity index is 355. The standard InChI is InChI=1S/C14H24N2O2/c1-11(2)16(8-9-17)13(10-15)12-6-4-5-7-14(12)18-3/h4-7,11,13,17H,8-10,15H2,1-3H3. The lowest BCUT2D eigenvalue weighted by Crippen LogP contribution is -2.40. The molecule has 1 unspecified atom stereocenters. The molecule has 0 saturated carbocycles. The van der Waals surface area contributed by atoms with Crippen LogP contribution in [0.3, 0.4) is 0 Å². The smallest absolute Gasteiger partial charge is 0.123 e. The summed E-state index contributed by atoms with van der Waals surface area (Å²) in [5, 5.41) is 9.19. The largest absolute Gasteiger partial charge is 0.496 e. The molecule has 0 saturated heterocycles. The van der Waals surface area contributed by atoms with Crippen LogP contribution in [0.25, 0.3) is 0 Å². The molecule has 0 aliphatic carbocycles. The van der Waals surface area contributed by atoms with Gasteiger partial charge in [-0.3, -0.25) is 4.90 Å². The zero-order valence-electron chi connectivity index (χ0n) is 11.5. The maximum Gasteiger partial charge on any atom is 0.123 e. The third kappa shape index (κ3) is 3.45. The van der Waals surface area contributed by atoms with Crippen molar-refractivity contribution in [3.8, 4) is 5.75 Å². The Balaban J connectivity index is 3.06. The summed E-state index contributed by atoms with van der Waals surface area (Å²) in [7, 11) is 1.66. The van der Waals surface area contributed by atoms with Crippen LogP contribution in [0.1, 0.15) is 25.5 Å².